The molecule has 180 valence electrons. The van der Waals surface area contributed by atoms with Crippen LogP contribution in [0.5, 0.6) is 0 Å². The van der Waals surface area contributed by atoms with Crippen LogP contribution in [0.15, 0.2) is 65.3 Å². The number of carbonyl (C=O) groups excluding carboxylic acids is 4. The first-order valence-corrected chi connectivity index (χ1v) is 11.6. The van der Waals surface area contributed by atoms with E-state index in [2.05, 4.69) is 5.32 Å². The molecule has 0 spiro atoms. The number of hydrogen-bond acceptors (Lipinski definition) is 8. The van der Waals surface area contributed by atoms with E-state index >= 15 is 0 Å². The van der Waals surface area contributed by atoms with Crippen molar-refractivity contribution < 1.29 is 33.1 Å². The molecule has 2 aromatic carbocycles. The van der Waals surface area contributed by atoms with E-state index in [0.717, 1.165) is 5.56 Å². The van der Waals surface area contributed by atoms with Gasteiger partial charge in [-0.2, -0.15) is 0 Å². The van der Waals surface area contributed by atoms with Crippen LogP contribution in [0.1, 0.15) is 47.8 Å². The minimum absolute atomic E-state index is 0.0130. The van der Waals surface area contributed by atoms with E-state index in [-0.39, 0.29) is 28.1 Å². The van der Waals surface area contributed by atoms with Gasteiger partial charge in [0.05, 0.1) is 49.6 Å². The summed E-state index contributed by atoms with van der Waals surface area (Å²) in [6, 6.07) is 14.6. The Hall–Kier alpha value is -4.05. The van der Waals surface area contributed by atoms with E-state index in [0.29, 0.717) is 23.6 Å². The van der Waals surface area contributed by atoms with Crippen molar-refractivity contribution in [2.45, 2.75) is 11.9 Å². The van der Waals surface area contributed by atoms with Gasteiger partial charge >= 0.3 is 11.9 Å². The third-order valence-corrected chi connectivity index (χ3v) is 6.68. The Morgan fingerprint density at radius 2 is 1.74 bits per heavy atom. The summed E-state index contributed by atoms with van der Waals surface area (Å²) in [5.41, 5.74) is 1.59. The summed E-state index contributed by atoms with van der Waals surface area (Å²) in [4.78, 5) is 51.1. The van der Waals surface area contributed by atoms with Crippen molar-refractivity contribution in [1.29, 1.82) is 0 Å². The van der Waals surface area contributed by atoms with Gasteiger partial charge in [0.2, 0.25) is 5.91 Å². The Morgan fingerprint density at radius 3 is 2.40 bits per heavy atom. The van der Waals surface area contributed by atoms with Gasteiger partial charge in [0.15, 0.2) is 0 Å². The van der Waals surface area contributed by atoms with E-state index in [4.69, 9.17) is 13.9 Å². The summed E-state index contributed by atoms with van der Waals surface area (Å²) in [6.07, 6.45) is 1.57. The van der Waals surface area contributed by atoms with Crippen LogP contribution in [-0.2, 0) is 20.8 Å². The molecule has 1 aliphatic rings. The minimum Gasteiger partial charge on any atom is -0.467 e. The predicted octanol–water partition coefficient (Wildman–Crippen LogP) is 3.88. The predicted molar refractivity (Wildman–Crippen MR) is 128 cm³/mol. The molecule has 2 amide bonds. The lowest BCUT2D eigenvalue weighted by Crippen LogP contribution is -2.27. The van der Waals surface area contributed by atoms with Gasteiger partial charge in [0, 0.05) is 5.56 Å². The SMILES string of the molecule is COC(=O)c1ccc(C(=O)OC)c(NC(=O)c2ccc([C@H]3SCC(=O)N3Cc3ccco3)cc2)c1. The molecule has 1 N–H and O–H groups in total. The molecule has 0 saturated carbocycles. The number of methoxy groups -OCH3 is 2. The smallest absolute Gasteiger partial charge is 0.339 e. The highest BCUT2D eigenvalue weighted by molar-refractivity contribution is 8.00. The first-order valence-electron chi connectivity index (χ1n) is 10.6. The van der Waals surface area contributed by atoms with Crippen LogP contribution in [0.25, 0.3) is 0 Å². The lowest BCUT2D eigenvalue weighted by atomic mass is 10.1. The topological polar surface area (TPSA) is 115 Å². The number of furan rings is 1. The number of rotatable bonds is 7. The molecule has 4 rings (SSSR count). The Bertz CT molecular complexity index is 1260. The normalized spacial score (nSPS) is 15.1. The fraction of sp³-hybridized carbons (Fsp3) is 0.200. The van der Waals surface area contributed by atoms with Gasteiger partial charge in [-0.3, -0.25) is 9.59 Å². The molecule has 1 aromatic heterocycles. The zero-order valence-corrected chi connectivity index (χ0v) is 19.8. The summed E-state index contributed by atoms with van der Waals surface area (Å²) in [7, 11) is 2.46. The maximum Gasteiger partial charge on any atom is 0.339 e. The molecule has 2 heterocycles. The van der Waals surface area contributed by atoms with Gasteiger partial charge in [0.1, 0.15) is 11.1 Å². The highest BCUT2D eigenvalue weighted by Gasteiger charge is 2.33. The Balaban J connectivity index is 1.53. The molecule has 9 nitrogen and oxygen atoms in total. The van der Waals surface area contributed by atoms with Crippen molar-refractivity contribution in [2.24, 2.45) is 0 Å². The van der Waals surface area contributed by atoms with Crippen molar-refractivity contribution in [3.63, 3.8) is 0 Å². The zero-order chi connectivity index (χ0) is 24.9. The first kappa shape index (κ1) is 24.1. The molecule has 35 heavy (non-hydrogen) atoms. The summed E-state index contributed by atoms with van der Waals surface area (Å²) < 4.78 is 14.9. The third kappa shape index (κ3) is 5.22. The summed E-state index contributed by atoms with van der Waals surface area (Å²) in [6.45, 7) is 0.360. The highest BCUT2D eigenvalue weighted by Crippen LogP contribution is 2.39. The quantitative estimate of drug-likeness (QED) is 0.492. The molecule has 1 aliphatic heterocycles. The third-order valence-electron chi connectivity index (χ3n) is 5.43. The number of hydrogen-bond donors (Lipinski definition) is 1. The van der Waals surface area contributed by atoms with Gasteiger partial charge in [0.25, 0.3) is 5.91 Å². The largest absolute Gasteiger partial charge is 0.467 e. The molecule has 10 heteroatoms. The number of thioether (sulfide) groups is 1. The molecule has 0 aliphatic carbocycles. The summed E-state index contributed by atoms with van der Waals surface area (Å²) in [5, 5.41) is 2.46. The number of nitrogens with zero attached hydrogens (tertiary/aromatic N) is 1. The minimum atomic E-state index is -0.661. The fourth-order valence-corrected chi connectivity index (χ4v) is 4.83. The fourth-order valence-electron chi connectivity index (χ4n) is 3.65. The number of esters is 2. The number of ether oxygens (including phenoxy) is 2. The van der Waals surface area contributed by atoms with Crippen LogP contribution >= 0.6 is 11.8 Å². The molecular formula is C25H22N2O7S. The highest BCUT2D eigenvalue weighted by atomic mass is 32.2. The monoisotopic (exact) mass is 494 g/mol. The van der Waals surface area contributed by atoms with E-state index in [1.807, 2.05) is 6.07 Å². The molecule has 0 bridgehead atoms. The molecular weight excluding hydrogens is 472 g/mol. The van der Waals surface area contributed by atoms with Crippen LogP contribution in [-0.4, -0.2) is 48.6 Å². The van der Waals surface area contributed by atoms with Crippen LogP contribution < -0.4 is 5.32 Å². The van der Waals surface area contributed by atoms with Crippen LogP contribution in [0.3, 0.4) is 0 Å². The Kier molecular flexibility index (Phi) is 7.21. The van der Waals surface area contributed by atoms with Crippen molar-refractivity contribution in [3.05, 3.63) is 88.9 Å². The molecule has 1 atom stereocenters. The van der Waals surface area contributed by atoms with Gasteiger partial charge < -0.3 is 24.1 Å². The van der Waals surface area contributed by atoms with Gasteiger partial charge in [-0.1, -0.05) is 12.1 Å². The maximum absolute atomic E-state index is 12.9. The molecule has 3 aromatic rings. The number of benzene rings is 2. The van der Waals surface area contributed by atoms with Crippen molar-refractivity contribution in [2.75, 3.05) is 25.3 Å². The van der Waals surface area contributed by atoms with Crippen molar-refractivity contribution in [3.8, 4) is 0 Å². The maximum atomic E-state index is 12.9. The molecule has 0 radical (unpaired) electrons. The first-order chi connectivity index (χ1) is 16.9. The average molecular weight is 495 g/mol. The second-order valence-electron chi connectivity index (χ2n) is 7.58. The van der Waals surface area contributed by atoms with Crippen molar-refractivity contribution in [1.82, 2.24) is 4.90 Å². The average Bonchev–Trinajstić information content (AvgIpc) is 3.53. The van der Waals surface area contributed by atoms with Crippen LogP contribution in [0.2, 0.25) is 0 Å². The number of carbonyl (C=O) groups is 4. The van der Waals surface area contributed by atoms with E-state index < -0.39 is 17.8 Å². The lowest BCUT2D eigenvalue weighted by Gasteiger charge is -2.23. The number of anilines is 1. The lowest BCUT2D eigenvalue weighted by molar-refractivity contribution is -0.128. The van der Waals surface area contributed by atoms with E-state index in [1.54, 1.807) is 41.5 Å². The van der Waals surface area contributed by atoms with Gasteiger partial charge in [-0.25, -0.2) is 9.59 Å². The second kappa shape index (κ2) is 10.5. The van der Waals surface area contributed by atoms with Gasteiger partial charge in [-0.15, -0.1) is 11.8 Å². The molecule has 1 saturated heterocycles. The Labute approximate surface area is 205 Å². The second-order valence-corrected chi connectivity index (χ2v) is 8.65. The summed E-state index contributed by atoms with van der Waals surface area (Å²) in [5.74, 6) is -0.682. The van der Waals surface area contributed by atoms with E-state index in [9.17, 15) is 19.2 Å². The van der Waals surface area contributed by atoms with Crippen LogP contribution in [0, 0.1) is 0 Å². The number of amides is 2. The van der Waals surface area contributed by atoms with E-state index in [1.165, 1.54) is 44.2 Å². The van der Waals surface area contributed by atoms with Crippen LogP contribution in [0.4, 0.5) is 5.69 Å². The standard InChI is InChI=1S/C25H22N2O7S/c1-32-24(30)17-9-10-19(25(31)33-2)20(12-17)26-22(29)15-5-7-16(8-6-15)23-27(21(28)14-35-23)13-18-4-3-11-34-18/h3-12,23H,13-14H2,1-2H3,(H,26,29)/t23-/m1/s1. The number of nitrogens with one attached hydrogen (secondary N) is 1. The molecule has 0 unspecified atom stereocenters. The van der Waals surface area contributed by atoms with Crippen molar-refractivity contribution >= 4 is 41.2 Å². The summed E-state index contributed by atoms with van der Waals surface area (Å²) >= 11 is 1.50. The Morgan fingerprint density at radius 1 is 1.03 bits per heavy atom. The zero-order valence-electron chi connectivity index (χ0n) is 19.0. The molecule has 1 fully saturated rings. The van der Waals surface area contributed by atoms with Gasteiger partial charge in [-0.05, 0) is 48.0 Å².